The standard InChI is InChI=1S/C14H21N3/c1-2-15-9-12-5-6-16-14(17-12)13-8-10-3-4-11(13)7-10/h5-6,10-11,13,15H,2-4,7-9H2,1H3. The third-order valence-electron chi connectivity index (χ3n) is 4.36. The van der Waals surface area contributed by atoms with Crippen LogP contribution < -0.4 is 5.32 Å². The molecule has 0 radical (unpaired) electrons. The SMILES string of the molecule is CCNCc1ccnc(C2CC3CCC2C3)n1. The maximum Gasteiger partial charge on any atom is 0.131 e. The molecule has 3 unspecified atom stereocenters. The maximum absolute atomic E-state index is 4.74. The number of hydrogen-bond acceptors (Lipinski definition) is 3. The smallest absolute Gasteiger partial charge is 0.131 e. The zero-order valence-electron chi connectivity index (χ0n) is 10.5. The summed E-state index contributed by atoms with van der Waals surface area (Å²) in [6, 6.07) is 2.03. The summed E-state index contributed by atoms with van der Waals surface area (Å²) in [5.74, 6) is 3.59. The van der Waals surface area contributed by atoms with E-state index in [2.05, 4.69) is 17.2 Å². The molecule has 1 heterocycles. The first-order valence-electron chi connectivity index (χ1n) is 6.89. The van der Waals surface area contributed by atoms with Gasteiger partial charge in [0.1, 0.15) is 5.82 Å². The lowest BCUT2D eigenvalue weighted by Crippen LogP contribution is -2.16. The van der Waals surface area contributed by atoms with E-state index in [0.29, 0.717) is 5.92 Å². The molecule has 3 rings (SSSR count). The van der Waals surface area contributed by atoms with Crippen LogP contribution in [0.2, 0.25) is 0 Å². The van der Waals surface area contributed by atoms with Crippen molar-refractivity contribution in [3.63, 3.8) is 0 Å². The van der Waals surface area contributed by atoms with Crippen LogP contribution in [0.5, 0.6) is 0 Å². The lowest BCUT2D eigenvalue weighted by Gasteiger charge is -2.20. The van der Waals surface area contributed by atoms with Crippen LogP contribution in [0.4, 0.5) is 0 Å². The van der Waals surface area contributed by atoms with Gasteiger partial charge in [0, 0.05) is 18.7 Å². The average molecular weight is 231 g/mol. The molecule has 3 atom stereocenters. The monoisotopic (exact) mass is 231 g/mol. The number of fused-ring (bicyclic) bond motifs is 2. The Balaban J connectivity index is 1.74. The molecule has 92 valence electrons. The van der Waals surface area contributed by atoms with Gasteiger partial charge in [0.2, 0.25) is 0 Å². The van der Waals surface area contributed by atoms with Crippen molar-refractivity contribution < 1.29 is 0 Å². The number of nitrogens with zero attached hydrogens (tertiary/aromatic N) is 2. The van der Waals surface area contributed by atoms with E-state index < -0.39 is 0 Å². The molecule has 2 bridgehead atoms. The highest BCUT2D eigenvalue weighted by Crippen LogP contribution is 2.51. The van der Waals surface area contributed by atoms with Crippen LogP contribution in [0.25, 0.3) is 0 Å². The second-order valence-electron chi connectivity index (χ2n) is 5.47. The summed E-state index contributed by atoms with van der Waals surface area (Å²) in [4.78, 5) is 9.25. The van der Waals surface area contributed by atoms with E-state index in [1.807, 2.05) is 12.3 Å². The van der Waals surface area contributed by atoms with Crippen molar-refractivity contribution in [3.05, 3.63) is 23.8 Å². The molecule has 2 fully saturated rings. The van der Waals surface area contributed by atoms with Gasteiger partial charge in [0.25, 0.3) is 0 Å². The fourth-order valence-corrected chi connectivity index (χ4v) is 3.50. The van der Waals surface area contributed by atoms with Crippen LogP contribution in [0, 0.1) is 11.8 Å². The Kier molecular flexibility index (Phi) is 3.10. The van der Waals surface area contributed by atoms with Crippen molar-refractivity contribution in [2.45, 2.75) is 45.1 Å². The molecule has 1 aromatic rings. The van der Waals surface area contributed by atoms with Crippen LogP contribution in [0.1, 0.15) is 50.0 Å². The fourth-order valence-electron chi connectivity index (χ4n) is 3.50. The van der Waals surface area contributed by atoms with Gasteiger partial charge in [-0.1, -0.05) is 13.3 Å². The summed E-state index contributed by atoms with van der Waals surface area (Å²) in [5, 5.41) is 3.33. The summed E-state index contributed by atoms with van der Waals surface area (Å²) in [6.07, 6.45) is 7.52. The van der Waals surface area contributed by atoms with Gasteiger partial charge < -0.3 is 5.32 Å². The quantitative estimate of drug-likeness (QED) is 0.865. The maximum atomic E-state index is 4.74. The first-order chi connectivity index (χ1) is 8.36. The minimum Gasteiger partial charge on any atom is -0.311 e. The van der Waals surface area contributed by atoms with Crippen molar-refractivity contribution in [1.82, 2.24) is 15.3 Å². The first-order valence-corrected chi connectivity index (χ1v) is 6.89. The molecule has 0 amide bonds. The summed E-state index contributed by atoms with van der Waals surface area (Å²) in [6.45, 7) is 3.98. The highest BCUT2D eigenvalue weighted by Gasteiger charge is 2.41. The summed E-state index contributed by atoms with van der Waals surface area (Å²) in [5.41, 5.74) is 1.14. The first kappa shape index (κ1) is 11.1. The van der Waals surface area contributed by atoms with E-state index in [-0.39, 0.29) is 0 Å². The van der Waals surface area contributed by atoms with Gasteiger partial charge in [0.15, 0.2) is 0 Å². The molecular formula is C14H21N3. The van der Waals surface area contributed by atoms with Gasteiger partial charge in [-0.15, -0.1) is 0 Å². The van der Waals surface area contributed by atoms with Crippen molar-refractivity contribution in [2.24, 2.45) is 11.8 Å². The second-order valence-corrected chi connectivity index (χ2v) is 5.47. The number of rotatable bonds is 4. The molecule has 2 aliphatic carbocycles. The van der Waals surface area contributed by atoms with Crippen LogP contribution >= 0.6 is 0 Å². The Labute approximate surface area is 103 Å². The minimum absolute atomic E-state index is 0.648. The average Bonchev–Trinajstić information content (AvgIpc) is 2.99. The number of aromatic nitrogens is 2. The highest BCUT2D eigenvalue weighted by atomic mass is 14.9. The molecule has 0 spiro atoms. The summed E-state index contributed by atoms with van der Waals surface area (Å²) in [7, 11) is 0. The molecule has 17 heavy (non-hydrogen) atoms. The predicted octanol–water partition coefficient (Wildman–Crippen LogP) is 2.49. The van der Waals surface area contributed by atoms with E-state index in [1.165, 1.54) is 25.7 Å². The van der Waals surface area contributed by atoms with E-state index >= 15 is 0 Å². The molecular weight excluding hydrogens is 210 g/mol. The number of nitrogens with one attached hydrogen (secondary N) is 1. The van der Waals surface area contributed by atoms with Crippen LogP contribution in [0.15, 0.2) is 12.3 Å². The second kappa shape index (κ2) is 4.73. The van der Waals surface area contributed by atoms with E-state index in [0.717, 1.165) is 36.4 Å². The molecule has 0 aliphatic heterocycles. The molecule has 2 saturated carbocycles. The van der Waals surface area contributed by atoms with Crippen molar-refractivity contribution in [3.8, 4) is 0 Å². The molecule has 0 saturated heterocycles. The van der Waals surface area contributed by atoms with Crippen molar-refractivity contribution >= 4 is 0 Å². The van der Waals surface area contributed by atoms with Gasteiger partial charge in [-0.25, -0.2) is 9.97 Å². The van der Waals surface area contributed by atoms with Crippen LogP contribution in [0.3, 0.4) is 0 Å². The Bertz CT molecular complexity index is 391. The van der Waals surface area contributed by atoms with E-state index in [9.17, 15) is 0 Å². The van der Waals surface area contributed by atoms with Gasteiger partial charge in [-0.3, -0.25) is 0 Å². The largest absolute Gasteiger partial charge is 0.311 e. The molecule has 1 aromatic heterocycles. The zero-order chi connectivity index (χ0) is 11.7. The number of hydrogen-bond donors (Lipinski definition) is 1. The lowest BCUT2D eigenvalue weighted by molar-refractivity contribution is 0.404. The van der Waals surface area contributed by atoms with E-state index in [1.54, 1.807) is 0 Å². The third kappa shape index (κ3) is 2.21. The summed E-state index contributed by atoms with van der Waals surface area (Å²) >= 11 is 0. The summed E-state index contributed by atoms with van der Waals surface area (Å²) < 4.78 is 0. The minimum atomic E-state index is 0.648. The van der Waals surface area contributed by atoms with Gasteiger partial charge >= 0.3 is 0 Å². The Morgan fingerprint density at radius 1 is 1.35 bits per heavy atom. The van der Waals surface area contributed by atoms with Crippen molar-refractivity contribution in [2.75, 3.05) is 6.54 Å². The van der Waals surface area contributed by atoms with Gasteiger partial charge in [0.05, 0.1) is 5.69 Å². The zero-order valence-corrected chi connectivity index (χ0v) is 10.5. The molecule has 1 N–H and O–H groups in total. The Morgan fingerprint density at radius 2 is 2.29 bits per heavy atom. The molecule has 3 nitrogen and oxygen atoms in total. The lowest BCUT2D eigenvalue weighted by atomic mass is 9.88. The Hall–Kier alpha value is -0.960. The van der Waals surface area contributed by atoms with Gasteiger partial charge in [-0.05, 0) is 43.7 Å². The predicted molar refractivity (Wildman–Crippen MR) is 67.6 cm³/mol. The molecule has 3 heteroatoms. The third-order valence-corrected chi connectivity index (χ3v) is 4.36. The van der Waals surface area contributed by atoms with Crippen LogP contribution in [-0.2, 0) is 6.54 Å². The molecule has 0 aromatic carbocycles. The fraction of sp³-hybridized carbons (Fsp3) is 0.714. The molecule has 2 aliphatic rings. The van der Waals surface area contributed by atoms with Crippen molar-refractivity contribution in [1.29, 1.82) is 0 Å². The van der Waals surface area contributed by atoms with E-state index in [4.69, 9.17) is 4.98 Å². The van der Waals surface area contributed by atoms with Crippen LogP contribution in [-0.4, -0.2) is 16.5 Å². The normalized spacial score (nSPS) is 31.0. The topological polar surface area (TPSA) is 37.8 Å². The Morgan fingerprint density at radius 3 is 3.00 bits per heavy atom. The van der Waals surface area contributed by atoms with Gasteiger partial charge in [-0.2, -0.15) is 0 Å². The highest BCUT2D eigenvalue weighted by molar-refractivity contribution is 5.10.